The molecule has 0 saturated carbocycles. The minimum absolute atomic E-state index is 0. The maximum absolute atomic E-state index is 13.2. The first kappa shape index (κ1) is 54.8. The summed E-state index contributed by atoms with van der Waals surface area (Å²) in [6.07, 6.45) is 0. The van der Waals surface area contributed by atoms with Gasteiger partial charge in [-0.05, 0) is 48.5 Å². The van der Waals surface area contributed by atoms with E-state index in [9.17, 15) is 40.3 Å². The largest absolute Gasteiger partial charge is 0.394 e. The summed E-state index contributed by atoms with van der Waals surface area (Å²) in [6, 6.07) is 33.5. The number of fused-ring (bicyclic) bond motifs is 6. The maximum atomic E-state index is 13.2. The zero-order chi connectivity index (χ0) is 50.7. The van der Waals surface area contributed by atoms with Crippen molar-refractivity contribution < 1.29 is 43.4 Å². The number of nitriles is 2. The molecule has 0 aliphatic heterocycles. The number of aliphatic hydroxyl groups excluding tert-OH is 1. The van der Waals surface area contributed by atoms with Crippen molar-refractivity contribution in [2.24, 2.45) is 0 Å². The van der Waals surface area contributed by atoms with Crippen LogP contribution in [-0.2, 0) is 35.0 Å². The van der Waals surface area contributed by atoms with Crippen LogP contribution in [0.2, 0.25) is 0 Å². The van der Waals surface area contributed by atoms with E-state index in [0.29, 0.717) is 106 Å². The molecule has 0 bridgehead atoms. The van der Waals surface area contributed by atoms with Crippen LogP contribution in [0, 0.1) is 42.9 Å². The summed E-state index contributed by atoms with van der Waals surface area (Å²) >= 11 is 0. The van der Waals surface area contributed by atoms with Gasteiger partial charge in [0.25, 0.3) is 22.5 Å². The molecule has 21 heteroatoms. The number of nitro groups is 2. The first-order chi connectivity index (χ1) is 34.6. The lowest BCUT2D eigenvalue weighted by molar-refractivity contribution is -0.385. The van der Waals surface area contributed by atoms with E-state index in [1.54, 1.807) is 20.3 Å². The number of nitrogens with zero attached hydrogens (tertiary/aromatic N) is 7. The highest BCUT2D eigenvalue weighted by Gasteiger charge is 2.20. The predicted octanol–water partition coefficient (Wildman–Crippen LogP) is 6.95. The molecule has 0 radical (unpaired) electrons. The van der Waals surface area contributed by atoms with Gasteiger partial charge in [-0.2, -0.15) is 10.5 Å². The highest BCUT2D eigenvalue weighted by molar-refractivity contribution is 6.07. The van der Waals surface area contributed by atoms with Gasteiger partial charge in [0.1, 0.15) is 23.3 Å². The van der Waals surface area contributed by atoms with Gasteiger partial charge in [0, 0.05) is 72.7 Å². The number of methoxy groups -OCH3 is 2. The van der Waals surface area contributed by atoms with Crippen LogP contribution in [0.1, 0.15) is 18.6 Å². The van der Waals surface area contributed by atoms with Crippen LogP contribution in [0.4, 0.5) is 11.4 Å². The van der Waals surface area contributed by atoms with Crippen LogP contribution in [0.25, 0.3) is 55.2 Å². The van der Waals surface area contributed by atoms with Crippen molar-refractivity contribution in [1.29, 1.82) is 10.5 Å². The van der Waals surface area contributed by atoms with Gasteiger partial charge in [0.05, 0.1) is 110 Å². The maximum Gasteiger partial charge on any atom is 0.273 e. The van der Waals surface area contributed by atoms with E-state index in [1.165, 1.54) is 63.7 Å². The number of benzene rings is 4. The van der Waals surface area contributed by atoms with Gasteiger partial charge in [-0.1, -0.05) is 43.8 Å². The number of pyridine rings is 2. The fourth-order valence-electron chi connectivity index (χ4n) is 7.52. The molecule has 0 unspecified atom stereocenters. The van der Waals surface area contributed by atoms with E-state index in [2.05, 4.69) is 4.98 Å². The number of hydrogen-bond donors (Lipinski definition) is 2. The Morgan fingerprint density at radius 3 is 1.54 bits per heavy atom. The minimum atomic E-state index is -0.500. The molecule has 8 rings (SSSR count). The Morgan fingerprint density at radius 2 is 1.03 bits per heavy atom. The van der Waals surface area contributed by atoms with Crippen molar-refractivity contribution in [1.82, 2.24) is 18.7 Å². The van der Waals surface area contributed by atoms with Crippen LogP contribution >= 0.6 is 0 Å². The van der Waals surface area contributed by atoms with Gasteiger partial charge in [-0.3, -0.25) is 39.0 Å². The molecule has 0 aliphatic rings. The average Bonchev–Trinajstić information content (AvgIpc) is 3.91. The van der Waals surface area contributed by atoms with E-state index >= 15 is 0 Å². The summed E-state index contributed by atoms with van der Waals surface area (Å²) in [6.45, 7) is 5.55. The van der Waals surface area contributed by atoms with Crippen LogP contribution in [-0.4, -0.2) is 121 Å². The molecular weight excluding hydrogens is 933 g/mol. The molecule has 0 fully saturated rings. The molecule has 0 spiro atoms. The third-order valence-corrected chi connectivity index (χ3v) is 10.8. The lowest BCUT2D eigenvalue weighted by atomic mass is 10.2. The van der Waals surface area contributed by atoms with Gasteiger partial charge in [-0.25, -0.2) is 0 Å². The van der Waals surface area contributed by atoms with Crippen molar-refractivity contribution in [3.8, 4) is 23.5 Å². The number of aromatic amines is 1. The molecule has 8 aromatic rings. The molecule has 4 aromatic carbocycles. The van der Waals surface area contributed by atoms with E-state index in [0.717, 1.165) is 21.8 Å². The second-order valence-electron chi connectivity index (χ2n) is 15.2. The first-order valence-corrected chi connectivity index (χ1v) is 22.1. The molecule has 2 N–H and O–H groups in total. The number of para-hydroxylation sites is 2. The number of nitrogens with one attached hydrogen (secondary N) is 1. The van der Waals surface area contributed by atoms with Gasteiger partial charge >= 0.3 is 0 Å². The molecule has 0 atom stereocenters. The predicted molar refractivity (Wildman–Crippen MR) is 270 cm³/mol. The number of H-pyrrole nitrogens is 1. The summed E-state index contributed by atoms with van der Waals surface area (Å²) in [4.78, 5) is 50.1. The summed E-state index contributed by atoms with van der Waals surface area (Å²) in [7, 11) is 3.25. The first-order valence-electron chi connectivity index (χ1n) is 22.1. The second-order valence-corrected chi connectivity index (χ2v) is 15.2. The average molecular weight is 987 g/mol. The number of hydrogen-bond acceptors (Lipinski definition) is 15. The Bertz CT molecular complexity index is 3290. The Kier molecular flexibility index (Phi) is 20.8. The van der Waals surface area contributed by atoms with Crippen molar-refractivity contribution >= 4 is 55.2 Å². The van der Waals surface area contributed by atoms with Crippen LogP contribution in [0.15, 0.2) is 119 Å². The van der Waals surface area contributed by atoms with Gasteiger partial charge in [0.2, 0.25) is 0 Å². The van der Waals surface area contributed by atoms with Crippen LogP contribution < -0.4 is 11.1 Å². The fraction of sp³-hybridized carbons (Fsp3) is 0.294. The number of aromatic nitrogens is 4. The Balaban J connectivity index is 0.000000226. The number of non-ortho nitro benzene ring substituents is 2. The monoisotopic (exact) mass is 986 g/mol. The van der Waals surface area contributed by atoms with Crippen LogP contribution in [0.5, 0.6) is 0 Å². The smallest absolute Gasteiger partial charge is 0.273 e. The number of ether oxygens (including phenoxy) is 6. The molecule has 0 aliphatic carbocycles. The van der Waals surface area contributed by atoms with Crippen molar-refractivity contribution in [3.63, 3.8) is 0 Å². The highest BCUT2D eigenvalue weighted by Crippen LogP contribution is 2.31. The number of rotatable bonds is 21. The summed E-state index contributed by atoms with van der Waals surface area (Å²) in [5.74, 6) is 0. The number of nitro benzene ring substituents is 2. The SMILES string of the molecule is C.COCCOCCOCCO.COCCOCCOCCn1c2ccccc2c2c1cc(C#N)c(=O)n2-c1ccc([N+](=O)[O-])cc1.N#Cc1cc2[nH]c3ccccc3c2n(-c2ccc([N+](=O)[O-])cc2)c1=O. The highest BCUT2D eigenvalue weighted by atomic mass is 16.6. The van der Waals surface area contributed by atoms with E-state index in [1.807, 2.05) is 65.2 Å². The van der Waals surface area contributed by atoms with E-state index in [-0.39, 0.29) is 36.5 Å². The zero-order valence-electron chi connectivity index (χ0n) is 38.9. The molecule has 4 heterocycles. The molecule has 21 nitrogen and oxygen atoms in total. The summed E-state index contributed by atoms with van der Waals surface area (Å²) in [5, 5.41) is 50.8. The Hall–Kier alpha value is -8.12. The van der Waals surface area contributed by atoms with Crippen molar-refractivity contribution in [2.75, 3.05) is 86.9 Å². The van der Waals surface area contributed by atoms with Gasteiger partial charge in [-0.15, -0.1) is 0 Å². The Morgan fingerprint density at radius 1 is 0.569 bits per heavy atom. The lowest BCUT2D eigenvalue weighted by Gasteiger charge is -2.11. The second kappa shape index (κ2) is 27.3. The number of aliphatic hydroxyl groups is 1. The molecule has 0 amide bonds. The lowest BCUT2D eigenvalue weighted by Crippen LogP contribution is -2.21. The topological polar surface area (TPSA) is 274 Å². The van der Waals surface area contributed by atoms with Crippen molar-refractivity contribution in [2.45, 2.75) is 14.0 Å². The molecule has 4 aromatic heterocycles. The normalized spacial score (nSPS) is 10.8. The molecular formula is C51H54N8O13. The third kappa shape index (κ3) is 13.2. The summed E-state index contributed by atoms with van der Waals surface area (Å²) in [5.41, 5.74) is 4.10. The minimum Gasteiger partial charge on any atom is -0.394 e. The fourth-order valence-corrected chi connectivity index (χ4v) is 7.52. The van der Waals surface area contributed by atoms with Crippen LogP contribution in [0.3, 0.4) is 0 Å². The summed E-state index contributed by atoms with van der Waals surface area (Å²) < 4.78 is 35.8. The zero-order valence-corrected chi connectivity index (χ0v) is 38.9. The quantitative estimate of drug-likeness (QED) is 0.0419. The van der Waals surface area contributed by atoms with Gasteiger partial charge in [0.15, 0.2) is 0 Å². The third-order valence-electron chi connectivity index (χ3n) is 10.8. The van der Waals surface area contributed by atoms with Crippen molar-refractivity contribution in [3.05, 3.63) is 161 Å². The Labute approximate surface area is 412 Å². The molecule has 376 valence electrons. The van der Waals surface area contributed by atoms with E-state index < -0.39 is 21.0 Å². The van der Waals surface area contributed by atoms with E-state index in [4.69, 9.17) is 33.5 Å². The van der Waals surface area contributed by atoms with Gasteiger partial charge < -0.3 is 43.1 Å². The standard InChI is InChI=1S/C25H24N4O6.C18H10N4O3.C7H16O4.CH4/c1-33-12-13-35-15-14-34-11-10-27-22-5-3-2-4-21(22)24-23(27)16-18(17-26)25(30)28(24)19-6-8-20(9-7-19)29(31)32;19-10-11-9-16-17(14-3-1-2-4-15(14)20-16)21(18(11)23)12-5-7-13(8-6-12)22(24)25;1-9-4-5-11-7-6-10-3-2-8;/h2-9,16H,10-15H2,1H3;1-9,20H;8H,2-7H2,1H3;1H4. The molecule has 0 saturated heterocycles. The molecule has 72 heavy (non-hydrogen) atoms.